The molecule has 0 unspecified atom stereocenters. The third-order valence-electron chi connectivity index (χ3n) is 12.4. The van der Waals surface area contributed by atoms with Crippen LogP contribution < -0.4 is 4.74 Å². The summed E-state index contributed by atoms with van der Waals surface area (Å²) in [6.45, 7) is 15.8. The minimum atomic E-state index is -0.612. The Labute approximate surface area is 331 Å². The van der Waals surface area contributed by atoms with E-state index in [9.17, 15) is 19.8 Å². The number of aliphatic hydroxyl groups excluding tert-OH is 2. The van der Waals surface area contributed by atoms with Crippen LogP contribution in [0, 0.1) is 23.2 Å². The Hall–Kier alpha value is -3.42. The maximum Gasteiger partial charge on any atom is 0.333 e. The molecule has 0 saturated heterocycles. The zero-order chi connectivity index (χ0) is 39.8. The number of benzene rings is 2. The molecule has 7 heteroatoms. The van der Waals surface area contributed by atoms with Crippen LogP contribution >= 0.6 is 0 Å². The summed E-state index contributed by atoms with van der Waals surface area (Å²) in [5, 5.41) is 20.6. The van der Waals surface area contributed by atoms with Crippen molar-refractivity contribution in [3.05, 3.63) is 77.4 Å². The SMILES string of the molecule is C=C(C)C(=O)OCCCc1cc(-c2ccc(C3CCC(C4CCC(C)CC4)CC3)cc2)cc(CCCOC(=O)C(=C)C)c1OCCC(CO)(CO)CCCC. The second-order valence-electron chi connectivity index (χ2n) is 16.9. The fraction of sp³-hybridized carbons (Fsp3) is 0.625. The lowest BCUT2D eigenvalue weighted by Crippen LogP contribution is -2.32. The van der Waals surface area contributed by atoms with Crippen LogP contribution in [0.15, 0.2) is 60.7 Å². The number of aliphatic hydroxyl groups is 2. The molecule has 0 radical (unpaired) electrons. The van der Waals surface area contributed by atoms with E-state index in [4.69, 9.17) is 14.2 Å². The molecule has 0 aromatic heterocycles. The van der Waals surface area contributed by atoms with Crippen molar-refractivity contribution in [2.24, 2.45) is 23.2 Å². The molecule has 2 N–H and O–H groups in total. The number of ether oxygens (including phenoxy) is 3. The molecule has 0 aliphatic heterocycles. The molecule has 2 aromatic carbocycles. The fourth-order valence-electron chi connectivity index (χ4n) is 8.62. The van der Waals surface area contributed by atoms with Crippen molar-refractivity contribution in [1.29, 1.82) is 0 Å². The topological polar surface area (TPSA) is 102 Å². The van der Waals surface area contributed by atoms with Crippen molar-refractivity contribution in [3.8, 4) is 16.9 Å². The summed E-state index contributed by atoms with van der Waals surface area (Å²) >= 11 is 0. The van der Waals surface area contributed by atoms with E-state index in [-0.39, 0.29) is 26.4 Å². The number of carbonyl (C=O) groups is 2. The summed E-state index contributed by atoms with van der Waals surface area (Å²) in [4.78, 5) is 24.3. The number of rotatable bonds is 22. The fourth-order valence-corrected chi connectivity index (χ4v) is 8.62. The number of unbranched alkanes of at least 4 members (excludes halogenated alkanes) is 1. The van der Waals surface area contributed by atoms with Gasteiger partial charge in [-0.3, -0.25) is 0 Å². The first-order chi connectivity index (χ1) is 26.5. The number of hydrogen-bond acceptors (Lipinski definition) is 7. The molecule has 2 aliphatic carbocycles. The highest BCUT2D eigenvalue weighted by molar-refractivity contribution is 5.87. The maximum atomic E-state index is 12.1. The van der Waals surface area contributed by atoms with Gasteiger partial charge in [0.05, 0.1) is 33.0 Å². The lowest BCUT2D eigenvalue weighted by atomic mass is 9.68. The van der Waals surface area contributed by atoms with Gasteiger partial charge in [-0.05, 0) is 155 Å². The smallest absolute Gasteiger partial charge is 0.333 e. The Morgan fingerprint density at radius 2 is 1.22 bits per heavy atom. The standard InChI is InChI=1S/C48H70O7/c1-7-8-25-48(32-49,33-50)26-29-53-45-42(11-9-27-54-46(51)34(2)3)30-44(31-43(45)12-10-28-55-47(52)35(4)5)41-23-21-40(22-24-41)39-19-17-38(18-20-39)37-15-13-36(6)14-16-37/h21-24,30-31,36-39,49-50H,2,4,7-20,25-29,32-33H2,1,3,5-6H3. The second-order valence-corrected chi connectivity index (χ2v) is 16.9. The predicted molar refractivity (Wildman–Crippen MR) is 222 cm³/mol. The van der Waals surface area contributed by atoms with Crippen molar-refractivity contribution < 1.29 is 34.0 Å². The molecule has 304 valence electrons. The van der Waals surface area contributed by atoms with E-state index < -0.39 is 17.4 Å². The van der Waals surface area contributed by atoms with E-state index in [0.717, 1.165) is 65.0 Å². The largest absolute Gasteiger partial charge is 0.493 e. The summed E-state index contributed by atoms with van der Waals surface area (Å²) in [7, 11) is 0. The van der Waals surface area contributed by atoms with Crippen LogP contribution in [0.25, 0.3) is 11.1 Å². The lowest BCUT2D eigenvalue weighted by Gasteiger charge is -2.37. The number of esters is 2. The van der Waals surface area contributed by atoms with E-state index in [1.165, 1.54) is 56.9 Å². The lowest BCUT2D eigenvalue weighted by molar-refractivity contribution is -0.139. The summed E-state index contributed by atoms with van der Waals surface area (Å²) in [6, 6.07) is 13.5. The number of carbonyl (C=O) groups excluding carboxylic acids is 2. The number of aryl methyl sites for hydroxylation is 2. The van der Waals surface area contributed by atoms with Gasteiger partial charge in [-0.25, -0.2) is 9.59 Å². The Balaban J connectivity index is 1.57. The monoisotopic (exact) mass is 759 g/mol. The van der Waals surface area contributed by atoms with E-state index >= 15 is 0 Å². The van der Waals surface area contributed by atoms with Gasteiger partial charge in [0, 0.05) is 16.6 Å². The first-order valence-corrected chi connectivity index (χ1v) is 21.2. The first kappa shape index (κ1) is 44.3. The molecule has 2 aliphatic rings. The van der Waals surface area contributed by atoms with E-state index in [2.05, 4.69) is 63.4 Å². The van der Waals surface area contributed by atoms with Gasteiger partial charge in [-0.2, -0.15) is 0 Å². The molecule has 0 heterocycles. The van der Waals surface area contributed by atoms with Crippen LogP contribution in [0.5, 0.6) is 5.75 Å². The average Bonchev–Trinajstić information content (AvgIpc) is 3.20. The van der Waals surface area contributed by atoms with Crippen molar-refractivity contribution >= 4 is 11.9 Å². The minimum Gasteiger partial charge on any atom is -0.493 e. The average molecular weight is 759 g/mol. The summed E-state index contributed by atoms with van der Waals surface area (Å²) < 4.78 is 17.5. The molecule has 2 aromatic rings. The van der Waals surface area contributed by atoms with Crippen LogP contribution in [0.3, 0.4) is 0 Å². The highest BCUT2D eigenvalue weighted by atomic mass is 16.5. The van der Waals surface area contributed by atoms with Gasteiger partial charge in [-0.15, -0.1) is 0 Å². The number of hydrogen-bond donors (Lipinski definition) is 2. The van der Waals surface area contributed by atoms with Crippen LogP contribution in [0.2, 0.25) is 0 Å². The summed E-state index contributed by atoms with van der Waals surface area (Å²) in [5.74, 6) is 3.31. The van der Waals surface area contributed by atoms with Crippen LogP contribution in [0.1, 0.15) is 140 Å². The third kappa shape index (κ3) is 13.3. The molecule has 0 amide bonds. The molecular formula is C48H70O7. The van der Waals surface area contributed by atoms with Gasteiger partial charge >= 0.3 is 11.9 Å². The normalized spacial score (nSPS) is 20.1. The molecular weight excluding hydrogens is 689 g/mol. The molecule has 55 heavy (non-hydrogen) atoms. The summed E-state index contributed by atoms with van der Waals surface area (Å²) in [5.41, 5.74) is 5.78. The van der Waals surface area contributed by atoms with Crippen LogP contribution in [-0.4, -0.2) is 55.2 Å². The Morgan fingerprint density at radius 1 is 0.709 bits per heavy atom. The van der Waals surface area contributed by atoms with E-state index in [0.29, 0.717) is 55.8 Å². The van der Waals surface area contributed by atoms with Gasteiger partial charge < -0.3 is 24.4 Å². The van der Waals surface area contributed by atoms with Crippen molar-refractivity contribution in [3.63, 3.8) is 0 Å². The Morgan fingerprint density at radius 3 is 1.69 bits per heavy atom. The van der Waals surface area contributed by atoms with Crippen molar-refractivity contribution in [2.45, 2.75) is 136 Å². The quantitative estimate of drug-likeness (QED) is 0.0700. The molecule has 0 spiro atoms. The van der Waals surface area contributed by atoms with Gasteiger partial charge in [0.15, 0.2) is 0 Å². The molecule has 2 saturated carbocycles. The molecule has 2 fully saturated rings. The van der Waals surface area contributed by atoms with E-state index in [1.807, 2.05) is 0 Å². The minimum absolute atomic E-state index is 0.106. The highest BCUT2D eigenvalue weighted by Crippen LogP contribution is 2.44. The van der Waals surface area contributed by atoms with Gasteiger partial charge in [0.2, 0.25) is 0 Å². The molecule has 4 rings (SSSR count). The predicted octanol–water partition coefficient (Wildman–Crippen LogP) is 10.5. The van der Waals surface area contributed by atoms with Crippen LogP contribution in [0.4, 0.5) is 0 Å². The van der Waals surface area contributed by atoms with Gasteiger partial charge in [-0.1, -0.05) is 77.0 Å². The van der Waals surface area contributed by atoms with Gasteiger partial charge in [0.25, 0.3) is 0 Å². The highest BCUT2D eigenvalue weighted by Gasteiger charge is 2.31. The summed E-state index contributed by atoms with van der Waals surface area (Å²) in [6.07, 6.45) is 16.4. The maximum absolute atomic E-state index is 12.1. The third-order valence-corrected chi connectivity index (χ3v) is 12.4. The van der Waals surface area contributed by atoms with Crippen molar-refractivity contribution in [2.75, 3.05) is 33.0 Å². The van der Waals surface area contributed by atoms with E-state index in [1.54, 1.807) is 13.8 Å². The zero-order valence-corrected chi connectivity index (χ0v) is 34.5. The Bertz CT molecular complexity index is 1470. The molecule has 0 atom stereocenters. The second kappa shape index (κ2) is 22.4. The molecule has 0 bridgehead atoms. The van der Waals surface area contributed by atoms with Gasteiger partial charge in [0.1, 0.15) is 5.75 Å². The first-order valence-electron chi connectivity index (χ1n) is 21.2. The zero-order valence-electron chi connectivity index (χ0n) is 34.5. The van der Waals surface area contributed by atoms with Crippen LogP contribution in [-0.2, 0) is 31.9 Å². The molecule has 7 nitrogen and oxygen atoms in total. The van der Waals surface area contributed by atoms with Crippen molar-refractivity contribution in [1.82, 2.24) is 0 Å². The Kier molecular flexibility index (Phi) is 18.0.